The summed E-state index contributed by atoms with van der Waals surface area (Å²) < 4.78 is 36.1. The summed E-state index contributed by atoms with van der Waals surface area (Å²) in [6.07, 6.45) is 3.38. The van der Waals surface area contributed by atoms with Gasteiger partial charge >= 0.3 is 0 Å². The largest absolute Gasteiger partial charge is 0.367 e. The van der Waals surface area contributed by atoms with Crippen LogP contribution >= 0.6 is 12.6 Å². The molecule has 4 aliphatic rings. The van der Waals surface area contributed by atoms with E-state index in [1.807, 2.05) is 54.7 Å². The maximum Gasteiger partial charge on any atom is 0.255 e. The van der Waals surface area contributed by atoms with Crippen molar-refractivity contribution in [1.29, 1.82) is 0 Å². The topological polar surface area (TPSA) is 139 Å². The van der Waals surface area contributed by atoms with Crippen LogP contribution in [0.4, 0.5) is 14.5 Å². The molecule has 0 spiro atoms. The van der Waals surface area contributed by atoms with Crippen molar-refractivity contribution in [3.8, 4) is 23.0 Å². The highest BCUT2D eigenvalue weighted by Gasteiger charge is 2.40. The molecule has 2 saturated heterocycles. The van der Waals surface area contributed by atoms with E-state index in [1.54, 1.807) is 12.1 Å². The quantitative estimate of drug-likeness (QED) is 0.0477. The van der Waals surface area contributed by atoms with Gasteiger partial charge in [-0.15, -0.1) is 0 Å². The molecule has 2 unspecified atom stereocenters. The number of piperidine rings is 1. The molecule has 4 aromatic rings. The van der Waals surface area contributed by atoms with E-state index in [9.17, 15) is 28.0 Å². The van der Waals surface area contributed by atoms with Crippen LogP contribution in [0.5, 0.6) is 0 Å². The highest BCUT2D eigenvalue weighted by atomic mass is 32.1. The van der Waals surface area contributed by atoms with E-state index in [-0.39, 0.29) is 62.1 Å². The number of nitrogens with one attached hydrogen (secondary N) is 2. The van der Waals surface area contributed by atoms with Gasteiger partial charge in [-0.05, 0) is 72.2 Å². The summed E-state index contributed by atoms with van der Waals surface area (Å²) in [7, 11) is 0. The van der Waals surface area contributed by atoms with Crippen LogP contribution in [0.25, 0.3) is 22.0 Å². The zero-order chi connectivity index (χ0) is 40.6. The van der Waals surface area contributed by atoms with Gasteiger partial charge in [0.25, 0.3) is 5.91 Å². The lowest BCUT2D eigenvalue weighted by Crippen LogP contribution is -2.52. The molecule has 3 aromatic carbocycles. The molecule has 8 rings (SSSR count). The number of thiol groups is 1. The van der Waals surface area contributed by atoms with Crippen LogP contribution < -0.4 is 16.4 Å². The monoisotopic (exact) mass is 808 g/mol. The minimum atomic E-state index is -2.64. The maximum atomic E-state index is 14.1. The molecule has 302 valence electrons. The fourth-order valence-electron chi connectivity index (χ4n) is 8.67. The molecule has 58 heavy (non-hydrogen) atoms. The van der Waals surface area contributed by atoms with E-state index in [0.29, 0.717) is 55.6 Å². The third-order valence-electron chi connectivity index (χ3n) is 11.8. The van der Waals surface area contributed by atoms with Crippen molar-refractivity contribution in [1.82, 2.24) is 19.7 Å². The van der Waals surface area contributed by atoms with Crippen molar-refractivity contribution < 1.29 is 32.7 Å². The van der Waals surface area contributed by atoms with Gasteiger partial charge in [0.15, 0.2) is 0 Å². The summed E-state index contributed by atoms with van der Waals surface area (Å²) >= 11 is 4.40. The van der Waals surface area contributed by atoms with Crippen molar-refractivity contribution in [3.63, 3.8) is 0 Å². The molecule has 4 N–H and O–H groups in total. The number of fused-ring (bicyclic) bond motifs is 2. The second kappa shape index (κ2) is 16.7. The van der Waals surface area contributed by atoms with Gasteiger partial charge < -0.3 is 30.2 Å². The Morgan fingerprint density at radius 2 is 1.83 bits per heavy atom. The molecule has 0 radical (unpaired) electrons. The minimum absolute atomic E-state index is 0.0732. The maximum absolute atomic E-state index is 14.1. The molecule has 1 aliphatic carbocycles. The molecule has 1 saturated carbocycles. The molecule has 3 aliphatic heterocycles. The van der Waals surface area contributed by atoms with Gasteiger partial charge in [0.2, 0.25) is 23.6 Å². The highest BCUT2D eigenvalue weighted by Crippen LogP contribution is 2.43. The number of imide groups is 1. The molecular weight excluding hydrogens is 763 g/mol. The molecule has 0 bridgehead atoms. The molecule has 4 amide bonds. The lowest BCUT2D eigenvalue weighted by molar-refractivity contribution is -0.137. The number of benzene rings is 3. The first-order valence-corrected chi connectivity index (χ1v) is 20.4. The van der Waals surface area contributed by atoms with Gasteiger partial charge in [0.1, 0.15) is 12.6 Å². The van der Waals surface area contributed by atoms with Crippen molar-refractivity contribution in [2.45, 2.75) is 74.9 Å². The number of halogens is 2. The van der Waals surface area contributed by atoms with E-state index in [0.717, 1.165) is 46.2 Å². The van der Waals surface area contributed by atoms with Crippen molar-refractivity contribution in [2.24, 2.45) is 11.7 Å². The lowest BCUT2D eigenvalue weighted by Gasteiger charge is -2.38. The summed E-state index contributed by atoms with van der Waals surface area (Å²) in [5.41, 5.74) is 12.4. The van der Waals surface area contributed by atoms with Gasteiger partial charge in [-0.3, -0.25) is 24.5 Å². The number of likely N-dealkylation sites (tertiary alicyclic amines) is 1. The summed E-state index contributed by atoms with van der Waals surface area (Å²) in [6.45, 7) is 3.23. The number of nitrogens with zero attached hydrogens (tertiary/aromatic N) is 3. The average molecular weight is 809 g/mol. The number of nitrogens with two attached hydrogens (primary N) is 1. The Balaban J connectivity index is 0.816. The van der Waals surface area contributed by atoms with E-state index in [2.05, 4.69) is 44.6 Å². The fourth-order valence-corrected chi connectivity index (χ4v) is 8.83. The van der Waals surface area contributed by atoms with E-state index in [4.69, 9.17) is 10.5 Å². The standard InChI is InChI=1S/C44H46F2N6O5S/c45-44(46)15-13-32(14-16-44)51-25-36(29-5-1-6-30(21-29)41(47)58)33-10-9-31(22-38(33)51)48-40(54)20-27-23-50(24-27)17-19-57-18-3-7-28-4-2-8-34-35(28)26-52(43(34)56)37-11-12-39(53)49-42(37)55/h1-2,4-6,8-10,21-22,25,27,32,37,41,58H,11-20,23-24,26,47H2,(H,48,54)(H,49,53,55). The van der Waals surface area contributed by atoms with Crippen molar-refractivity contribution in [3.05, 3.63) is 89.1 Å². The summed E-state index contributed by atoms with van der Waals surface area (Å²) in [5.74, 6) is 2.66. The highest BCUT2D eigenvalue weighted by molar-refractivity contribution is 7.80. The first kappa shape index (κ1) is 39.7. The smallest absolute Gasteiger partial charge is 0.255 e. The van der Waals surface area contributed by atoms with Crippen LogP contribution in [0, 0.1) is 17.8 Å². The zero-order valence-electron chi connectivity index (χ0n) is 32.0. The third kappa shape index (κ3) is 8.54. The van der Waals surface area contributed by atoms with Gasteiger partial charge in [-0.2, -0.15) is 12.6 Å². The van der Waals surface area contributed by atoms with Gasteiger partial charge in [0, 0.05) is 91.9 Å². The first-order valence-electron chi connectivity index (χ1n) is 19.8. The first-order chi connectivity index (χ1) is 27.9. The van der Waals surface area contributed by atoms with Crippen LogP contribution in [0.15, 0.2) is 66.9 Å². The van der Waals surface area contributed by atoms with Crippen LogP contribution in [-0.4, -0.2) is 82.8 Å². The average Bonchev–Trinajstić information content (AvgIpc) is 3.72. The molecule has 1 aromatic heterocycles. The van der Waals surface area contributed by atoms with Crippen LogP contribution in [0.3, 0.4) is 0 Å². The Kier molecular flexibility index (Phi) is 11.4. The second-order valence-corrected chi connectivity index (χ2v) is 16.4. The lowest BCUT2D eigenvalue weighted by atomic mass is 9.92. The second-order valence-electron chi connectivity index (χ2n) is 15.8. The van der Waals surface area contributed by atoms with Gasteiger partial charge in [-0.25, -0.2) is 8.78 Å². The number of aromatic nitrogens is 1. The number of carbonyl (C=O) groups excluding carboxylic acids is 4. The predicted octanol–water partition coefficient (Wildman–Crippen LogP) is 6.04. The number of rotatable bonds is 11. The molecule has 2 atom stereocenters. The number of anilines is 1. The molecular formula is C44H46F2N6O5S. The predicted molar refractivity (Wildman–Crippen MR) is 219 cm³/mol. The van der Waals surface area contributed by atoms with E-state index >= 15 is 0 Å². The Morgan fingerprint density at radius 1 is 1.03 bits per heavy atom. The minimum Gasteiger partial charge on any atom is -0.367 e. The molecule has 14 heteroatoms. The molecule has 11 nitrogen and oxygen atoms in total. The summed E-state index contributed by atoms with van der Waals surface area (Å²) in [4.78, 5) is 54.0. The number of carbonyl (C=O) groups is 4. The van der Waals surface area contributed by atoms with Crippen LogP contribution in [0.1, 0.15) is 83.4 Å². The summed E-state index contributed by atoms with van der Waals surface area (Å²) in [5, 5.41) is 5.94. The normalized spacial score (nSPS) is 20.3. The van der Waals surface area contributed by atoms with Crippen molar-refractivity contribution >= 4 is 52.8 Å². The Morgan fingerprint density at radius 3 is 2.60 bits per heavy atom. The van der Waals surface area contributed by atoms with Crippen LogP contribution in [0.2, 0.25) is 0 Å². The number of hydrogen-bond acceptors (Lipinski definition) is 8. The number of hydrogen-bond donors (Lipinski definition) is 4. The van der Waals surface area contributed by atoms with Crippen LogP contribution in [-0.2, 0) is 25.7 Å². The number of amides is 4. The van der Waals surface area contributed by atoms with Gasteiger partial charge in [0.05, 0.1) is 17.5 Å². The Labute approximate surface area is 341 Å². The summed E-state index contributed by atoms with van der Waals surface area (Å²) in [6, 6.07) is 18.3. The SMILES string of the molecule is NC(S)c1cccc(-c2cn(C3CCC(F)(F)CC3)c3cc(NC(=O)CC4CN(CCOCC#Cc5cccc6c5CN(C5CCC(=O)NC5=O)C6=O)C4)ccc23)c1. The Bertz CT molecular complexity index is 2320. The van der Waals surface area contributed by atoms with Crippen molar-refractivity contribution in [2.75, 3.05) is 38.2 Å². The van der Waals surface area contributed by atoms with Gasteiger partial charge in [-0.1, -0.05) is 42.2 Å². The fraction of sp³-hybridized carbons (Fsp3) is 0.409. The van der Waals surface area contributed by atoms with E-state index < -0.39 is 23.2 Å². The zero-order valence-corrected chi connectivity index (χ0v) is 32.9. The van der Waals surface area contributed by atoms with E-state index in [1.165, 1.54) is 4.90 Å². The number of alkyl halides is 2. The molecule has 4 heterocycles. The third-order valence-corrected chi connectivity index (χ3v) is 12.1. The number of ether oxygens (including phenoxy) is 1. The Hall–Kier alpha value is -5.07. The molecule has 3 fully saturated rings.